The molecule has 0 saturated carbocycles. The molecule has 1 atom stereocenters. The van der Waals surface area contributed by atoms with E-state index in [0.717, 1.165) is 12.1 Å². The third-order valence-electron chi connectivity index (χ3n) is 3.50. The number of aryl methyl sites for hydroxylation is 2. The first-order valence-corrected chi connectivity index (χ1v) is 6.75. The van der Waals surface area contributed by atoms with Crippen molar-refractivity contribution in [2.45, 2.75) is 26.1 Å². The molecule has 0 aliphatic rings. The molecule has 4 nitrogen and oxygen atoms in total. The standard InChI is InChI=1S/C15H13F5N2O2/c1-7-12(8(2)22(3)21-7)13(15(18,19)20)24-14(23)10-5-4-9(16)6-11(10)17/h4-6,13H,1-3H3/t13-/m1/s1. The maximum absolute atomic E-state index is 13.6. The average Bonchev–Trinajstić information content (AvgIpc) is 2.68. The van der Waals surface area contributed by atoms with Gasteiger partial charge in [-0.3, -0.25) is 4.68 Å². The predicted molar refractivity (Wildman–Crippen MR) is 73.3 cm³/mol. The van der Waals surface area contributed by atoms with Gasteiger partial charge in [0.1, 0.15) is 11.6 Å². The number of hydrogen-bond donors (Lipinski definition) is 0. The number of carbonyl (C=O) groups excluding carboxylic acids is 1. The van der Waals surface area contributed by atoms with Gasteiger partial charge in [0.25, 0.3) is 0 Å². The zero-order valence-corrected chi connectivity index (χ0v) is 12.9. The summed E-state index contributed by atoms with van der Waals surface area (Å²) in [5.41, 5.74) is -0.919. The number of esters is 1. The Labute approximate surface area is 133 Å². The number of carbonyl (C=O) groups is 1. The summed E-state index contributed by atoms with van der Waals surface area (Å²) in [5.74, 6) is -3.81. The second-order valence-corrected chi connectivity index (χ2v) is 5.16. The number of ether oxygens (including phenoxy) is 1. The van der Waals surface area contributed by atoms with Crippen LogP contribution in [0.1, 0.15) is 33.4 Å². The highest BCUT2D eigenvalue weighted by molar-refractivity contribution is 5.89. The van der Waals surface area contributed by atoms with E-state index >= 15 is 0 Å². The van der Waals surface area contributed by atoms with E-state index < -0.39 is 35.4 Å². The number of halogens is 5. The van der Waals surface area contributed by atoms with Crippen LogP contribution in [0.25, 0.3) is 0 Å². The van der Waals surface area contributed by atoms with Crippen LogP contribution in [-0.2, 0) is 11.8 Å². The van der Waals surface area contributed by atoms with Gasteiger partial charge < -0.3 is 4.74 Å². The molecular weight excluding hydrogens is 335 g/mol. The lowest BCUT2D eigenvalue weighted by molar-refractivity contribution is -0.207. The Balaban J connectivity index is 2.42. The average molecular weight is 348 g/mol. The minimum atomic E-state index is -4.93. The summed E-state index contributed by atoms with van der Waals surface area (Å²) in [4.78, 5) is 11.9. The summed E-state index contributed by atoms with van der Waals surface area (Å²) in [5, 5.41) is 3.86. The molecule has 1 aromatic heterocycles. The molecule has 1 aromatic carbocycles. The number of hydrogen-bond acceptors (Lipinski definition) is 3. The van der Waals surface area contributed by atoms with E-state index in [2.05, 4.69) is 9.84 Å². The third kappa shape index (κ3) is 3.39. The van der Waals surface area contributed by atoms with Gasteiger partial charge in [-0.1, -0.05) is 0 Å². The van der Waals surface area contributed by atoms with Gasteiger partial charge in [-0.15, -0.1) is 0 Å². The van der Waals surface area contributed by atoms with Crippen molar-refractivity contribution in [3.8, 4) is 0 Å². The molecule has 0 unspecified atom stereocenters. The summed E-state index contributed by atoms with van der Waals surface area (Å²) in [7, 11) is 1.45. The Morgan fingerprint density at radius 2 is 1.88 bits per heavy atom. The molecule has 2 rings (SSSR count). The topological polar surface area (TPSA) is 44.1 Å². The van der Waals surface area contributed by atoms with Gasteiger partial charge in [0, 0.05) is 24.4 Å². The minimum absolute atomic E-state index is 0.0321. The van der Waals surface area contributed by atoms with Crippen molar-refractivity contribution in [1.29, 1.82) is 0 Å². The normalized spacial score (nSPS) is 13.0. The maximum Gasteiger partial charge on any atom is 0.430 e. The molecule has 0 bridgehead atoms. The summed E-state index contributed by atoms with van der Waals surface area (Å²) < 4.78 is 72.2. The first-order chi connectivity index (χ1) is 11.0. The molecule has 0 aliphatic heterocycles. The van der Waals surface area contributed by atoms with Crippen molar-refractivity contribution >= 4 is 5.97 Å². The van der Waals surface area contributed by atoms with Gasteiger partial charge >= 0.3 is 12.1 Å². The molecule has 2 aromatic rings. The summed E-state index contributed by atoms with van der Waals surface area (Å²) in [6.45, 7) is 2.73. The van der Waals surface area contributed by atoms with Crippen LogP contribution in [0, 0.1) is 25.5 Å². The SMILES string of the molecule is Cc1nn(C)c(C)c1[C@@H](OC(=O)c1ccc(F)cc1F)C(F)(F)F. The molecular formula is C15H13F5N2O2. The second-order valence-electron chi connectivity index (χ2n) is 5.16. The molecule has 130 valence electrons. The molecule has 0 fully saturated rings. The number of nitrogens with zero attached hydrogens (tertiary/aromatic N) is 2. The monoisotopic (exact) mass is 348 g/mol. The third-order valence-corrected chi connectivity index (χ3v) is 3.50. The molecule has 0 aliphatic carbocycles. The highest BCUT2D eigenvalue weighted by atomic mass is 19.4. The first kappa shape index (κ1) is 17.9. The molecule has 0 spiro atoms. The Bertz CT molecular complexity index is 783. The van der Waals surface area contributed by atoms with E-state index in [-0.39, 0.29) is 17.0 Å². The molecule has 9 heteroatoms. The van der Waals surface area contributed by atoms with Gasteiger partial charge in [0.05, 0.1) is 11.3 Å². The van der Waals surface area contributed by atoms with Crippen molar-refractivity contribution in [3.05, 3.63) is 52.3 Å². The van der Waals surface area contributed by atoms with Crippen LogP contribution in [0.4, 0.5) is 22.0 Å². The predicted octanol–water partition coefficient (Wildman–Crippen LogP) is 3.78. The molecule has 24 heavy (non-hydrogen) atoms. The van der Waals surface area contributed by atoms with Crippen LogP contribution in [0.3, 0.4) is 0 Å². The molecule has 0 saturated heterocycles. The highest BCUT2D eigenvalue weighted by Gasteiger charge is 2.47. The van der Waals surface area contributed by atoms with E-state index in [4.69, 9.17) is 0 Å². The second kappa shape index (κ2) is 6.21. The van der Waals surface area contributed by atoms with E-state index in [1.165, 1.54) is 25.6 Å². The van der Waals surface area contributed by atoms with Crippen LogP contribution in [-0.4, -0.2) is 21.9 Å². The van der Waals surface area contributed by atoms with Crippen LogP contribution in [0.2, 0.25) is 0 Å². The van der Waals surface area contributed by atoms with Gasteiger partial charge in [-0.2, -0.15) is 18.3 Å². The van der Waals surface area contributed by atoms with Crippen LogP contribution < -0.4 is 0 Å². The lowest BCUT2D eigenvalue weighted by atomic mass is 10.1. The summed E-state index contributed by atoms with van der Waals surface area (Å²) >= 11 is 0. The quantitative estimate of drug-likeness (QED) is 0.626. The zero-order chi connectivity index (χ0) is 18.2. The van der Waals surface area contributed by atoms with Crippen molar-refractivity contribution in [2.24, 2.45) is 7.05 Å². The number of rotatable bonds is 3. The lowest BCUT2D eigenvalue weighted by Gasteiger charge is -2.21. The summed E-state index contributed by atoms with van der Waals surface area (Å²) in [6, 6.07) is 1.87. The lowest BCUT2D eigenvalue weighted by Crippen LogP contribution is -2.27. The number of alkyl halides is 3. The molecule has 1 heterocycles. The Morgan fingerprint density at radius 3 is 2.33 bits per heavy atom. The smallest absolute Gasteiger partial charge is 0.430 e. The van der Waals surface area contributed by atoms with Gasteiger partial charge in [-0.05, 0) is 26.0 Å². The van der Waals surface area contributed by atoms with Gasteiger partial charge in [0.15, 0.2) is 0 Å². The molecule has 0 radical (unpaired) electrons. The number of benzene rings is 1. The first-order valence-electron chi connectivity index (χ1n) is 6.75. The fourth-order valence-corrected chi connectivity index (χ4v) is 2.28. The minimum Gasteiger partial charge on any atom is -0.444 e. The van der Waals surface area contributed by atoms with E-state index in [9.17, 15) is 26.7 Å². The van der Waals surface area contributed by atoms with E-state index in [1.54, 1.807) is 0 Å². The van der Waals surface area contributed by atoms with Crippen LogP contribution in [0.5, 0.6) is 0 Å². The number of aromatic nitrogens is 2. The highest BCUT2D eigenvalue weighted by Crippen LogP contribution is 2.39. The van der Waals surface area contributed by atoms with E-state index in [0.29, 0.717) is 6.07 Å². The maximum atomic E-state index is 13.6. The molecule has 0 amide bonds. The zero-order valence-electron chi connectivity index (χ0n) is 12.9. The van der Waals surface area contributed by atoms with Gasteiger partial charge in [0.2, 0.25) is 6.10 Å². The Morgan fingerprint density at radius 1 is 1.25 bits per heavy atom. The molecule has 0 N–H and O–H groups in total. The Kier molecular flexibility index (Phi) is 4.63. The van der Waals surface area contributed by atoms with Crippen LogP contribution >= 0.6 is 0 Å². The van der Waals surface area contributed by atoms with Crippen molar-refractivity contribution < 1.29 is 31.5 Å². The Hall–Kier alpha value is -2.45. The van der Waals surface area contributed by atoms with Gasteiger partial charge in [-0.25, -0.2) is 13.6 Å². The largest absolute Gasteiger partial charge is 0.444 e. The van der Waals surface area contributed by atoms with Crippen molar-refractivity contribution in [2.75, 3.05) is 0 Å². The van der Waals surface area contributed by atoms with Crippen molar-refractivity contribution in [1.82, 2.24) is 9.78 Å². The van der Waals surface area contributed by atoms with Crippen molar-refractivity contribution in [3.63, 3.8) is 0 Å². The fraction of sp³-hybridized carbons (Fsp3) is 0.333. The summed E-state index contributed by atoms with van der Waals surface area (Å²) in [6.07, 6.45) is -7.53. The fourth-order valence-electron chi connectivity index (χ4n) is 2.28. The van der Waals surface area contributed by atoms with Crippen LogP contribution in [0.15, 0.2) is 18.2 Å². The van der Waals surface area contributed by atoms with E-state index in [1.807, 2.05) is 0 Å².